The largest absolute Gasteiger partial charge is 0.422 e. The molecule has 0 radical (unpaired) electrons. The molecule has 2 heterocycles. The highest BCUT2D eigenvalue weighted by molar-refractivity contribution is 7.17. The Morgan fingerprint density at radius 2 is 1.96 bits per heavy atom. The predicted molar refractivity (Wildman–Crippen MR) is 95.6 cm³/mol. The quantitative estimate of drug-likeness (QED) is 0.402. The maximum Gasteiger partial charge on any atom is 0.422 e. The van der Waals surface area contributed by atoms with Crippen molar-refractivity contribution in [2.75, 3.05) is 32.8 Å². The van der Waals surface area contributed by atoms with E-state index in [4.69, 9.17) is 4.74 Å². The van der Waals surface area contributed by atoms with E-state index in [0.717, 1.165) is 6.42 Å². The Morgan fingerprint density at radius 3 is 2.69 bits per heavy atom. The van der Waals surface area contributed by atoms with Crippen molar-refractivity contribution in [3.8, 4) is 0 Å². The summed E-state index contributed by atoms with van der Waals surface area (Å²) >= 11 is 1.73. The molecule has 0 bridgehead atoms. The number of aliphatic hydroxyl groups is 1. The number of esters is 2. The lowest BCUT2D eigenvalue weighted by atomic mass is 10.1. The fourth-order valence-electron chi connectivity index (χ4n) is 2.75. The Balaban J connectivity index is 1.39. The monoisotopic (exact) mass is 379 g/mol. The molecule has 8 heteroatoms. The zero-order chi connectivity index (χ0) is 18.6. The Labute approximate surface area is 155 Å². The summed E-state index contributed by atoms with van der Waals surface area (Å²) < 4.78 is 16.1. The maximum absolute atomic E-state index is 11.1. The molecule has 26 heavy (non-hydrogen) atoms. The summed E-state index contributed by atoms with van der Waals surface area (Å²) in [5.41, 5.74) is 1.22. The van der Waals surface area contributed by atoms with Gasteiger partial charge in [-0.15, -0.1) is 11.3 Å². The SMILES string of the molecule is CCN(CCOCCc1ccc2sccc2c1)CC1(O)OC(=O)C(=O)O1. The van der Waals surface area contributed by atoms with Crippen LogP contribution in [0.5, 0.6) is 0 Å². The van der Waals surface area contributed by atoms with Gasteiger partial charge in [0.15, 0.2) is 0 Å². The summed E-state index contributed by atoms with van der Waals surface area (Å²) in [6, 6.07) is 8.51. The number of hydrogen-bond acceptors (Lipinski definition) is 8. The van der Waals surface area contributed by atoms with Crippen LogP contribution in [-0.4, -0.2) is 60.8 Å². The first-order valence-electron chi connectivity index (χ1n) is 8.44. The lowest BCUT2D eigenvalue weighted by Gasteiger charge is -2.26. The molecule has 0 atom stereocenters. The highest BCUT2D eigenvalue weighted by atomic mass is 32.1. The second-order valence-corrected chi connectivity index (χ2v) is 6.96. The van der Waals surface area contributed by atoms with Gasteiger partial charge >= 0.3 is 17.9 Å². The molecule has 0 spiro atoms. The third kappa shape index (κ3) is 4.59. The number of nitrogens with zero attached hydrogens (tertiary/aromatic N) is 1. The first-order valence-corrected chi connectivity index (χ1v) is 9.32. The third-order valence-corrected chi connectivity index (χ3v) is 5.04. The van der Waals surface area contributed by atoms with E-state index < -0.39 is 17.9 Å². The molecule has 3 rings (SSSR count). The van der Waals surface area contributed by atoms with Crippen molar-refractivity contribution in [2.45, 2.75) is 19.3 Å². The Hall–Kier alpha value is -2.00. The number of benzene rings is 1. The van der Waals surface area contributed by atoms with E-state index in [1.807, 2.05) is 6.92 Å². The Morgan fingerprint density at radius 1 is 1.19 bits per heavy atom. The van der Waals surface area contributed by atoms with Crippen molar-refractivity contribution in [1.29, 1.82) is 0 Å². The average molecular weight is 379 g/mol. The maximum atomic E-state index is 11.1. The van der Waals surface area contributed by atoms with Crippen LogP contribution in [0.2, 0.25) is 0 Å². The van der Waals surface area contributed by atoms with Crippen molar-refractivity contribution < 1.29 is 28.9 Å². The molecule has 1 aliphatic heterocycles. The topological polar surface area (TPSA) is 85.3 Å². The van der Waals surface area contributed by atoms with Crippen molar-refractivity contribution in [1.82, 2.24) is 4.90 Å². The van der Waals surface area contributed by atoms with Crippen LogP contribution in [0, 0.1) is 0 Å². The van der Waals surface area contributed by atoms with Crippen molar-refractivity contribution in [3.05, 3.63) is 35.2 Å². The van der Waals surface area contributed by atoms with Gasteiger partial charge in [0.05, 0.1) is 13.2 Å². The van der Waals surface area contributed by atoms with Gasteiger partial charge in [-0.3, -0.25) is 4.90 Å². The average Bonchev–Trinajstić information content (AvgIpc) is 3.17. The van der Waals surface area contributed by atoms with Crippen LogP contribution in [0.15, 0.2) is 29.6 Å². The van der Waals surface area contributed by atoms with Gasteiger partial charge in [0.25, 0.3) is 0 Å². The van der Waals surface area contributed by atoms with Gasteiger partial charge < -0.3 is 19.3 Å². The highest BCUT2D eigenvalue weighted by Crippen LogP contribution is 2.22. The normalized spacial score (nSPS) is 16.3. The summed E-state index contributed by atoms with van der Waals surface area (Å²) in [6.45, 7) is 3.90. The summed E-state index contributed by atoms with van der Waals surface area (Å²) in [5, 5.41) is 13.3. The first-order chi connectivity index (χ1) is 12.5. The van der Waals surface area contributed by atoms with Crippen LogP contribution in [-0.2, 0) is 30.2 Å². The van der Waals surface area contributed by atoms with Gasteiger partial charge in [0.1, 0.15) is 6.54 Å². The number of carbonyl (C=O) groups excluding carboxylic acids is 2. The Bertz CT molecular complexity index is 773. The molecule has 1 saturated heterocycles. The van der Waals surface area contributed by atoms with Gasteiger partial charge in [0.2, 0.25) is 0 Å². The number of thiophene rings is 1. The fourth-order valence-corrected chi connectivity index (χ4v) is 3.52. The molecule has 0 unspecified atom stereocenters. The zero-order valence-electron chi connectivity index (χ0n) is 14.5. The minimum absolute atomic E-state index is 0.112. The second kappa shape index (κ2) is 8.13. The molecule has 1 aromatic heterocycles. The third-order valence-electron chi connectivity index (χ3n) is 4.15. The highest BCUT2D eigenvalue weighted by Gasteiger charge is 2.48. The summed E-state index contributed by atoms with van der Waals surface area (Å²) in [6.07, 6.45) is 0.817. The smallest absolute Gasteiger partial charge is 0.388 e. The van der Waals surface area contributed by atoms with Gasteiger partial charge in [0, 0.05) is 11.2 Å². The number of likely N-dealkylation sites (N-methyl/N-ethyl adjacent to an activating group) is 1. The van der Waals surface area contributed by atoms with Crippen molar-refractivity contribution >= 4 is 33.4 Å². The van der Waals surface area contributed by atoms with E-state index in [9.17, 15) is 14.7 Å². The number of fused-ring (bicyclic) bond motifs is 1. The van der Waals surface area contributed by atoms with Crippen LogP contribution in [0.3, 0.4) is 0 Å². The van der Waals surface area contributed by atoms with Crippen LogP contribution >= 0.6 is 11.3 Å². The zero-order valence-corrected chi connectivity index (χ0v) is 15.3. The minimum atomic E-state index is -2.21. The number of ether oxygens (including phenoxy) is 3. The van der Waals surface area contributed by atoms with E-state index >= 15 is 0 Å². The van der Waals surface area contributed by atoms with Gasteiger partial charge in [-0.1, -0.05) is 19.1 Å². The summed E-state index contributed by atoms with van der Waals surface area (Å²) in [5.74, 6) is -4.56. The summed E-state index contributed by atoms with van der Waals surface area (Å²) in [4.78, 5) is 23.9. The standard InChI is InChI=1S/C18H21NO6S/c1-2-19(12-18(22)24-16(20)17(21)25-18)7-9-23-8-5-13-3-4-15-14(11-13)6-10-26-15/h3-4,6,10-11,22H,2,5,7-9,12H2,1H3. The molecule has 1 aromatic carbocycles. The van der Waals surface area contributed by atoms with Crippen LogP contribution in [0.1, 0.15) is 12.5 Å². The number of carbonyl (C=O) groups is 2. The first kappa shape index (κ1) is 18.8. The second-order valence-electron chi connectivity index (χ2n) is 6.02. The molecule has 0 amide bonds. The number of cyclic esters (lactones) is 2. The molecule has 140 valence electrons. The number of rotatable bonds is 9. The molecular formula is C18H21NO6S. The Kier molecular flexibility index (Phi) is 5.87. The minimum Gasteiger partial charge on any atom is -0.388 e. The lowest BCUT2D eigenvalue weighted by Crippen LogP contribution is -2.45. The van der Waals surface area contributed by atoms with Crippen LogP contribution in [0.25, 0.3) is 10.1 Å². The van der Waals surface area contributed by atoms with Gasteiger partial charge in [-0.2, -0.15) is 0 Å². The van der Waals surface area contributed by atoms with Gasteiger partial charge in [-0.25, -0.2) is 9.59 Å². The molecular weight excluding hydrogens is 358 g/mol. The van der Waals surface area contributed by atoms with Crippen molar-refractivity contribution in [2.24, 2.45) is 0 Å². The molecule has 7 nitrogen and oxygen atoms in total. The molecule has 0 aliphatic carbocycles. The van der Waals surface area contributed by atoms with E-state index in [0.29, 0.717) is 26.3 Å². The van der Waals surface area contributed by atoms with E-state index in [1.165, 1.54) is 15.6 Å². The van der Waals surface area contributed by atoms with Crippen LogP contribution < -0.4 is 0 Å². The van der Waals surface area contributed by atoms with E-state index in [2.05, 4.69) is 39.1 Å². The lowest BCUT2D eigenvalue weighted by molar-refractivity contribution is -0.297. The summed E-state index contributed by atoms with van der Waals surface area (Å²) in [7, 11) is 0. The molecule has 2 aromatic rings. The van der Waals surface area contributed by atoms with Crippen LogP contribution in [0.4, 0.5) is 0 Å². The molecule has 1 N–H and O–H groups in total. The van der Waals surface area contributed by atoms with Gasteiger partial charge in [-0.05, 0) is 41.4 Å². The molecule has 0 saturated carbocycles. The fraction of sp³-hybridized carbons (Fsp3) is 0.444. The molecule has 1 aliphatic rings. The number of hydrogen-bond donors (Lipinski definition) is 1. The van der Waals surface area contributed by atoms with E-state index in [-0.39, 0.29) is 6.54 Å². The molecule has 1 fully saturated rings. The predicted octanol–water partition coefficient (Wildman–Crippen LogP) is 1.53. The van der Waals surface area contributed by atoms with Crippen molar-refractivity contribution in [3.63, 3.8) is 0 Å². The van der Waals surface area contributed by atoms with E-state index in [1.54, 1.807) is 16.2 Å².